The van der Waals surface area contributed by atoms with E-state index >= 15 is 0 Å². The molecule has 0 bridgehead atoms. The molecule has 0 unspecified atom stereocenters. The van der Waals surface area contributed by atoms with Gasteiger partial charge in [0.05, 0.1) is 7.11 Å². The van der Waals surface area contributed by atoms with Gasteiger partial charge >= 0.3 is 5.97 Å². The molecule has 0 aliphatic carbocycles. The Morgan fingerprint density at radius 3 is 2.77 bits per heavy atom. The van der Waals surface area contributed by atoms with Crippen molar-refractivity contribution in [2.75, 3.05) is 7.11 Å². The second-order valence-electron chi connectivity index (χ2n) is 2.45. The van der Waals surface area contributed by atoms with Crippen LogP contribution in [0.15, 0.2) is 18.3 Å². The Hall–Kier alpha value is -1.62. The number of aliphatic carboxylic acids is 1. The summed E-state index contributed by atoms with van der Waals surface area (Å²) in [7, 11) is 1.49. The summed E-state index contributed by atoms with van der Waals surface area (Å²) in [5, 5.41) is 8.58. The third-order valence-corrected chi connectivity index (χ3v) is 1.59. The molecule has 1 rings (SSSR count). The van der Waals surface area contributed by atoms with Crippen molar-refractivity contribution in [1.82, 2.24) is 4.98 Å². The van der Waals surface area contributed by atoms with Crippen LogP contribution in [0.2, 0.25) is 0 Å². The second-order valence-corrected chi connectivity index (χ2v) is 2.45. The lowest BCUT2D eigenvalue weighted by Crippen LogP contribution is -2.20. The van der Waals surface area contributed by atoms with Gasteiger partial charge in [-0.3, -0.25) is 4.79 Å². The minimum absolute atomic E-state index is 0.432. The fourth-order valence-electron chi connectivity index (χ4n) is 0.839. The molecule has 5 heteroatoms. The molecule has 3 N–H and O–H groups in total. The van der Waals surface area contributed by atoms with Crippen molar-refractivity contribution in [2.45, 2.75) is 6.04 Å². The van der Waals surface area contributed by atoms with Crippen LogP contribution in [0.4, 0.5) is 0 Å². The zero-order chi connectivity index (χ0) is 9.84. The Labute approximate surface area is 75.2 Å². The number of rotatable bonds is 3. The quantitative estimate of drug-likeness (QED) is 0.696. The van der Waals surface area contributed by atoms with Crippen molar-refractivity contribution >= 4 is 5.97 Å². The molecular formula is C8H10N2O3. The molecule has 0 saturated heterocycles. The van der Waals surface area contributed by atoms with E-state index in [4.69, 9.17) is 15.6 Å². The van der Waals surface area contributed by atoms with Gasteiger partial charge in [-0.1, -0.05) is 0 Å². The fourth-order valence-corrected chi connectivity index (χ4v) is 0.839. The summed E-state index contributed by atoms with van der Waals surface area (Å²) in [6, 6.07) is 2.11. The van der Waals surface area contributed by atoms with Crippen LogP contribution in [0, 0.1) is 0 Å². The summed E-state index contributed by atoms with van der Waals surface area (Å²) in [5.41, 5.74) is 5.80. The molecule has 1 aromatic heterocycles. The monoisotopic (exact) mass is 182 g/mol. The Kier molecular flexibility index (Phi) is 2.81. The van der Waals surface area contributed by atoms with Gasteiger partial charge in [0, 0.05) is 12.3 Å². The molecule has 1 heterocycles. The Morgan fingerprint density at radius 1 is 1.69 bits per heavy atom. The van der Waals surface area contributed by atoms with E-state index in [-0.39, 0.29) is 0 Å². The third-order valence-electron chi connectivity index (χ3n) is 1.59. The lowest BCUT2D eigenvalue weighted by Gasteiger charge is -2.06. The number of aromatic nitrogens is 1. The highest BCUT2D eigenvalue weighted by Gasteiger charge is 2.13. The van der Waals surface area contributed by atoms with Gasteiger partial charge in [0.2, 0.25) is 5.88 Å². The minimum atomic E-state index is -1.08. The van der Waals surface area contributed by atoms with Crippen molar-refractivity contribution in [1.29, 1.82) is 0 Å². The molecule has 70 valence electrons. The molecule has 1 aromatic rings. The van der Waals surface area contributed by atoms with Crippen molar-refractivity contribution in [3.63, 3.8) is 0 Å². The standard InChI is InChI=1S/C8H10N2O3/c1-13-6-3-2-5(4-10-6)7(9)8(11)12/h2-4,7H,9H2,1H3,(H,11,12)/t7-/m0/s1. The van der Waals surface area contributed by atoms with Gasteiger partial charge in [-0.15, -0.1) is 0 Å². The number of carboxylic acids is 1. The molecule has 0 aromatic carbocycles. The molecule has 0 fully saturated rings. The van der Waals surface area contributed by atoms with Crippen LogP contribution in [0.5, 0.6) is 5.88 Å². The van der Waals surface area contributed by atoms with E-state index in [2.05, 4.69) is 4.98 Å². The van der Waals surface area contributed by atoms with Crippen molar-refractivity contribution in [3.8, 4) is 5.88 Å². The van der Waals surface area contributed by atoms with Crippen LogP contribution < -0.4 is 10.5 Å². The highest BCUT2D eigenvalue weighted by Crippen LogP contribution is 2.12. The maximum Gasteiger partial charge on any atom is 0.325 e. The van der Waals surface area contributed by atoms with Gasteiger partial charge in [-0.25, -0.2) is 4.98 Å². The van der Waals surface area contributed by atoms with Crippen LogP contribution in [-0.4, -0.2) is 23.2 Å². The topological polar surface area (TPSA) is 85.4 Å². The van der Waals surface area contributed by atoms with Crippen LogP contribution >= 0.6 is 0 Å². The van der Waals surface area contributed by atoms with Gasteiger partial charge in [0.25, 0.3) is 0 Å². The highest BCUT2D eigenvalue weighted by atomic mass is 16.5. The normalized spacial score (nSPS) is 12.2. The van der Waals surface area contributed by atoms with Crippen molar-refractivity contribution in [2.24, 2.45) is 5.73 Å². The summed E-state index contributed by atoms with van der Waals surface area (Å²) < 4.78 is 4.81. The first-order valence-corrected chi connectivity index (χ1v) is 3.63. The molecule has 0 radical (unpaired) electrons. The van der Waals surface area contributed by atoms with Crippen LogP contribution in [0.3, 0.4) is 0 Å². The summed E-state index contributed by atoms with van der Waals surface area (Å²) in [6.07, 6.45) is 1.39. The molecule has 13 heavy (non-hydrogen) atoms. The maximum atomic E-state index is 10.5. The Morgan fingerprint density at radius 2 is 2.38 bits per heavy atom. The first-order valence-electron chi connectivity index (χ1n) is 3.63. The summed E-state index contributed by atoms with van der Waals surface area (Å²) >= 11 is 0. The van der Waals surface area contributed by atoms with Crippen molar-refractivity contribution in [3.05, 3.63) is 23.9 Å². The van der Waals surface area contributed by atoms with E-state index in [1.807, 2.05) is 0 Å². The highest BCUT2D eigenvalue weighted by molar-refractivity contribution is 5.75. The van der Waals surface area contributed by atoms with E-state index < -0.39 is 12.0 Å². The average Bonchev–Trinajstić information content (AvgIpc) is 2.17. The fraction of sp³-hybridized carbons (Fsp3) is 0.250. The zero-order valence-electron chi connectivity index (χ0n) is 7.10. The predicted molar refractivity (Wildman–Crippen MR) is 45.4 cm³/mol. The first-order chi connectivity index (χ1) is 6.15. The number of carbonyl (C=O) groups is 1. The van der Waals surface area contributed by atoms with E-state index in [1.165, 1.54) is 13.3 Å². The number of nitrogens with two attached hydrogens (primary N) is 1. The van der Waals surface area contributed by atoms with Gasteiger partial charge in [0.15, 0.2) is 0 Å². The van der Waals surface area contributed by atoms with Gasteiger partial charge in [0.1, 0.15) is 6.04 Å². The molecule has 0 saturated carbocycles. The number of hydrogen-bond acceptors (Lipinski definition) is 4. The van der Waals surface area contributed by atoms with E-state index in [1.54, 1.807) is 12.1 Å². The summed E-state index contributed by atoms with van der Waals surface area (Å²) in [5.74, 6) is -0.645. The number of nitrogens with zero attached hydrogens (tertiary/aromatic N) is 1. The lowest BCUT2D eigenvalue weighted by molar-refractivity contribution is -0.138. The molecule has 0 aliphatic rings. The number of methoxy groups -OCH3 is 1. The zero-order valence-corrected chi connectivity index (χ0v) is 7.10. The molecule has 0 spiro atoms. The van der Waals surface area contributed by atoms with Crippen LogP contribution in [-0.2, 0) is 4.79 Å². The van der Waals surface area contributed by atoms with E-state index in [9.17, 15) is 4.79 Å². The molecule has 1 atom stereocenters. The smallest absolute Gasteiger partial charge is 0.325 e. The van der Waals surface area contributed by atoms with Crippen molar-refractivity contribution < 1.29 is 14.6 Å². The third kappa shape index (κ3) is 2.16. The largest absolute Gasteiger partial charge is 0.481 e. The molecular weight excluding hydrogens is 172 g/mol. The summed E-state index contributed by atoms with van der Waals surface area (Å²) in [6.45, 7) is 0. The maximum absolute atomic E-state index is 10.5. The summed E-state index contributed by atoms with van der Waals surface area (Å²) in [4.78, 5) is 14.3. The molecule has 0 aliphatic heterocycles. The van der Waals surface area contributed by atoms with E-state index in [0.29, 0.717) is 11.4 Å². The second kappa shape index (κ2) is 3.86. The Balaban J connectivity index is 2.85. The van der Waals surface area contributed by atoms with Gasteiger partial charge in [-0.2, -0.15) is 0 Å². The van der Waals surface area contributed by atoms with Gasteiger partial charge < -0.3 is 15.6 Å². The predicted octanol–water partition coefficient (Wildman–Crippen LogP) is 0.175. The Bertz CT molecular complexity index is 297. The first kappa shape index (κ1) is 9.47. The number of pyridine rings is 1. The number of carboxylic acid groups (broad SMARTS) is 1. The molecule has 5 nitrogen and oxygen atoms in total. The molecule has 0 amide bonds. The lowest BCUT2D eigenvalue weighted by atomic mass is 10.1. The number of ether oxygens (including phenoxy) is 1. The van der Waals surface area contributed by atoms with Gasteiger partial charge in [-0.05, 0) is 11.6 Å². The number of hydrogen-bond donors (Lipinski definition) is 2. The van der Waals surface area contributed by atoms with E-state index in [0.717, 1.165) is 0 Å². The SMILES string of the molecule is COc1ccc([C@H](N)C(=O)O)cn1. The average molecular weight is 182 g/mol. The van der Waals surface area contributed by atoms with Crippen LogP contribution in [0.25, 0.3) is 0 Å². The minimum Gasteiger partial charge on any atom is -0.481 e. The van der Waals surface area contributed by atoms with Crippen LogP contribution in [0.1, 0.15) is 11.6 Å².